The van der Waals surface area contributed by atoms with Gasteiger partial charge in [-0.05, 0) is 44.6 Å². The van der Waals surface area contributed by atoms with Gasteiger partial charge in [-0.15, -0.1) is 13.2 Å². The molecule has 1 atom stereocenters. The van der Waals surface area contributed by atoms with Crippen molar-refractivity contribution >= 4 is 5.91 Å². The standard InChI is InChI=1S/C22H25F3N2O2/c1-27(2)21(14-8-9-15-21)19(16-10-4-3-5-11-16)26-20(28)17-12-6-7-13-18(17)29-22(23,24)25/h3-7,10-13,19H,8-9,14-15H2,1-2H3,(H,26,28). The Bertz CT molecular complexity index is 831. The first-order valence-electron chi connectivity index (χ1n) is 9.61. The van der Waals surface area contributed by atoms with E-state index >= 15 is 0 Å². The predicted octanol–water partition coefficient (Wildman–Crippen LogP) is 4.93. The van der Waals surface area contributed by atoms with Crippen molar-refractivity contribution in [2.75, 3.05) is 14.1 Å². The normalized spacial score (nSPS) is 17.2. The van der Waals surface area contributed by atoms with Crippen LogP contribution in [-0.4, -0.2) is 36.8 Å². The Kier molecular flexibility index (Phi) is 6.17. The Hall–Kier alpha value is -2.54. The molecule has 1 saturated carbocycles. The van der Waals surface area contributed by atoms with Crippen molar-refractivity contribution in [3.8, 4) is 5.75 Å². The fourth-order valence-corrected chi connectivity index (χ4v) is 4.23. The topological polar surface area (TPSA) is 41.6 Å². The molecule has 29 heavy (non-hydrogen) atoms. The van der Waals surface area contributed by atoms with Gasteiger partial charge in [-0.1, -0.05) is 55.3 Å². The maximum absolute atomic E-state index is 13.1. The van der Waals surface area contributed by atoms with Crippen molar-refractivity contribution in [3.63, 3.8) is 0 Å². The molecule has 2 aromatic carbocycles. The summed E-state index contributed by atoms with van der Waals surface area (Å²) in [5, 5.41) is 3.01. The summed E-state index contributed by atoms with van der Waals surface area (Å²) in [4.78, 5) is 15.2. The van der Waals surface area contributed by atoms with Crippen LogP contribution >= 0.6 is 0 Å². The van der Waals surface area contributed by atoms with E-state index in [-0.39, 0.29) is 17.1 Å². The highest BCUT2D eigenvalue weighted by Gasteiger charge is 2.45. The van der Waals surface area contributed by atoms with Gasteiger partial charge in [0.15, 0.2) is 0 Å². The molecule has 1 amide bonds. The summed E-state index contributed by atoms with van der Waals surface area (Å²) in [6, 6.07) is 14.6. The van der Waals surface area contributed by atoms with Crippen molar-refractivity contribution in [3.05, 3.63) is 65.7 Å². The van der Waals surface area contributed by atoms with Crippen molar-refractivity contribution in [1.29, 1.82) is 0 Å². The molecule has 1 aliphatic rings. The van der Waals surface area contributed by atoms with Gasteiger partial charge in [0.05, 0.1) is 11.6 Å². The fraction of sp³-hybridized carbons (Fsp3) is 0.409. The summed E-state index contributed by atoms with van der Waals surface area (Å²) in [7, 11) is 3.96. The number of carbonyl (C=O) groups excluding carboxylic acids is 1. The highest BCUT2D eigenvalue weighted by molar-refractivity contribution is 5.97. The molecule has 1 fully saturated rings. The van der Waals surface area contributed by atoms with E-state index in [0.717, 1.165) is 37.3 Å². The van der Waals surface area contributed by atoms with Crippen LogP contribution in [0.4, 0.5) is 13.2 Å². The second kappa shape index (κ2) is 8.45. The maximum Gasteiger partial charge on any atom is 0.573 e. The van der Waals surface area contributed by atoms with E-state index in [0.29, 0.717) is 0 Å². The Labute approximate surface area is 168 Å². The smallest absolute Gasteiger partial charge is 0.405 e. The van der Waals surface area contributed by atoms with Gasteiger partial charge in [0, 0.05) is 5.54 Å². The third-order valence-electron chi connectivity index (χ3n) is 5.66. The first-order chi connectivity index (χ1) is 13.7. The number of likely N-dealkylation sites (N-methyl/N-ethyl adjacent to an activating group) is 1. The van der Waals surface area contributed by atoms with Gasteiger partial charge in [0.25, 0.3) is 5.91 Å². The van der Waals surface area contributed by atoms with Crippen LogP contribution in [0.1, 0.15) is 47.6 Å². The zero-order valence-corrected chi connectivity index (χ0v) is 16.5. The number of ether oxygens (including phenoxy) is 1. The summed E-state index contributed by atoms with van der Waals surface area (Å²) >= 11 is 0. The first kappa shape index (κ1) is 21.2. The second-order valence-corrected chi connectivity index (χ2v) is 7.57. The van der Waals surface area contributed by atoms with E-state index in [9.17, 15) is 18.0 Å². The summed E-state index contributed by atoms with van der Waals surface area (Å²) < 4.78 is 42.4. The van der Waals surface area contributed by atoms with Crippen LogP contribution < -0.4 is 10.1 Å². The number of benzene rings is 2. The number of hydrogen-bond donors (Lipinski definition) is 1. The molecule has 0 aromatic heterocycles. The zero-order valence-electron chi connectivity index (χ0n) is 16.5. The van der Waals surface area contributed by atoms with E-state index in [1.54, 1.807) is 0 Å². The van der Waals surface area contributed by atoms with Crippen molar-refractivity contribution < 1.29 is 22.7 Å². The molecule has 1 unspecified atom stereocenters. The van der Waals surface area contributed by atoms with Crippen LogP contribution in [0.5, 0.6) is 5.75 Å². The van der Waals surface area contributed by atoms with Crippen molar-refractivity contribution in [2.45, 2.75) is 43.6 Å². The molecule has 4 nitrogen and oxygen atoms in total. The lowest BCUT2D eigenvalue weighted by atomic mass is 9.82. The van der Waals surface area contributed by atoms with Gasteiger partial charge in [0.2, 0.25) is 0 Å². The lowest BCUT2D eigenvalue weighted by Gasteiger charge is -2.44. The average Bonchev–Trinajstić information content (AvgIpc) is 3.17. The Morgan fingerprint density at radius 1 is 1.03 bits per heavy atom. The third kappa shape index (κ3) is 4.72. The van der Waals surface area contributed by atoms with Crippen LogP contribution in [0.3, 0.4) is 0 Å². The monoisotopic (exact) mass is 406 g/mol. The van der Waals surface area contributed by atoms with E-state index in [2.05, 4.69) is 15.0 Å². The minimum absolute atomic E-state index is 0.141. The molecule has 3 rings (SSSR count). The van der Waals surface area contributed by atoms with E-state index in [1.165, 1.54) is 18.2 Å². The van der Waals surface area contributed by atoms with Crippen LogP contribution in [0.2, 0.25) is 0 Å². The van der Waals surface area contributed by atoms with Crippen molar-refractivity contribution in [1.82, 2.24) is 10.2 Å². The average molecular weight is 406 g/mol. The zero-order chi connectivity index (χ0) is 21.1. The molecule has 0 heterocycles. The number of carbonyl (C=O) groups is 1. The van der Waals surface area contributed by atoms with E-state index < -0.39 is 18.0 Å². The SMILES string of the molecule is CN(C)C1(C(NC(=O)c2ccccc2OC(F)(F)F)c2ccccc2)CCCC1. The molecule has 0 saturated heterocycles. The summed E-state index contributed by atoms with van der Waals surface area (Å²) in [5.74, 6) is -1.10. The predicted molar refractivity (Wildman–Crippen MR) is 105 cm³/mol. The third-order valence-corrected chi connectivity index (χ3v) is 5.66. The van der Waals surface area contributed by atoms with E-state index in [1.807, 2.05) is 44.4 Å². The van der Waals surface area contributed by atoms with Gasteiger partial charge in [-0.3, -0.25) is 4.79 Å². The Morgan fingerprint density at radius 3 is 2.21 bits per heavy atom. The van der Waals surface area contributed by atoms with Gasteiger partial charge in [-0.2, -0.15) is 0 Å². The largest absolute Gasteiger partial charge is 0.573 e. The molecule has 7 heteroatoms. The first-order valence-corrected chi connectivity index (χ1v) is 9.61. The summed E-state index contributed by atoms with van der Waals surface area (Å²) in [6.07, 6.45) is -1.02. The molecule has 156 valence electrons. The number of para-hydroxylation sites is 1. The molecule has 0 aliphatic heterocycles. The van der Waals surface area contributed by atoms with Crippen LogP contribution in [0.15, 0.2) is 54.6 Å². The summed E-state index contributed by atoms with van der Waals surface area (Å²) in [5.41, 5.74) is 0.472. The molecule has 1 N–H and O–H groups in total. The molecule has 0 spiro atoms. The Balaban J connectivity index is 1.97. The molecular formula is C22H25F3N2O2. The highest BCUT2D eigenvalue weighted by Crippen LogP contribution is 2.43. The minimum atomic E-state index is -4.87. The lowest BCUT2D eigenvalue weighted by Crippen LogP contribution is -2.53. The van der Waals surface area contributed by atoms with Gasteiger partial charge in [-0.25, -0.2) is 0 Å². The molecule has 1 aliphatic carbocycles. The number of rotatable bonds is 6. The molecular weight excluding hydrogens is 381 g/mol. The van der Waals surface area contributed by atoms with Crippen LogP contribution in [0, 0.1) is 0 Å². The summed E-state index contributed by atoms with van der Waals surface area (Å²) in [6.45, 7) is 0. The van der Waals surface area contributed by atoms with Gasteiger partial charge >= 0.3 is 6.36 Å². The van der Waals surface area contributed by atoms with E-state index in [4.69, 9.17) is 0 Å². The number of nitrogens with zero attached hydrogens (tertiary/aromatic N) is 1. The quantitative estimate of drug-likeness (QED) is 0.740. The van der Waals surface area contributed by atoms with Gasteiger partial charge < -0.3 is 15.0 Å². The number of alkyl halides is 3. The van der Waals surface area contributed by atoms with Crippen LogP contribution in [0.25, 0.3) is 0 Å². The molecule has 2 aromatic rings. The number of hydrogen-bond acceptors (Lipinski definition) is 3. The Morgan fingerprint density at radius 2 is 1.62 bits per heavy atom. The maximum atomic E-state index is 13.1. The second-order valence-electron chi connectivity index (χ2n) is 7.57. The highest BCUT2D eigenvalue weighted by atomic mass is 19.4. The number of amides is 1. The molecule has 0 radical (unpaired) electrons. The lowest BCUT2D eigenvalue weighted by molar-refractivity contribution is -0.274. The number of nitrogens with one attached hydrogen (secondary N) is 1. The number of halogens is 3. The van der Waals surface area contributed by atoms with Gasteiger partial charge in [0.1, 0.15) is 5.75 Å². The minimum Gasteiger partial charge on any atom is -0.405 e. The van der Waals surface area contributed by atoms with Crippen molar-refractivity contribution in [2.24, 2.45) is 0 Å². The molecule has 0 bridgehead atoms. The fourth-order valence-electron chi connectivity index (χ4n) is 4.23. The van der Waals surface area contributed by atoms with Crippen LogP contribution in [-0.2, 0) is 0 Å².